The van der Waals surface area contributed by atoms with E-state index in [2.05, 4.69) is 4.98 Å². The lowest BCUT2D eigenvalue weighted by atomic mass is 10.1. The van der Waals surface area contributed by atoms with Crippen LogP contribution < -0.4 is 4.74 Å². The highest BCUT2D eigenvalue weighted by molar-refractivity contribution is 5.97. The van der Waals surface area contributed by atoms with E-state index < -0.39 is 5.97 Å². The van der Waals surface area contributed by atoms with Crippen molar-refractivity contribution in [2.75, 3.05) is 0 Å². The summed E-state index contributed by atoms with van der Waals surface area (Å²) in [4.78, 5) is 15.0. The number of fused-ring (bicyclic) bond motifs is 2. The highest BCUT2D eigenvalue weighted by atomic mass is 16.5. The Hall–Kier alpha value is -1.42. The molecule has 2 rings (SSSR count). The topological polar surface area (TPSA) is 59.4 Å². The minimum absolute atomic E-state index is 0.181. The summed E-state index contributed by atoms with van der Waals surface area (Å²) in [6, 6.07) is 0. The average molecular weight is 165 g/mol. The van der Waals surface area contributed by atoms with Gasteiger partial charge < -0.3 is 9.84 Å². The Morgan fingerprint density at radius 2 is 2.42 bits per heavy atom. The summed E-state index contributed by atoms with van der Waals surface area (Å²) in [7, 11) is 0. The minimum atomic E-state index is -0.422. The van der Waals surface area contributed by atoms with Crippen LogP contribution in [0, 0.1) is 6.92 Å². The number of pyridine rings is 1. The Bertz CT molecular complexity index is 360. The lowest BCUT2D eigenvalue weighted by Crippen LogP contribution is -1.99. The van der Waals surface area contributed by atoms with Gasteiger partial charge in [0, 0.05) is 11.8 Å². The lowest BCUT2D eigenvalue weighted by molar-refractivity contribution is 0.0754. The predicted octanol–water partition coefficient (Wildman–Crippen LogP) is 0.415. The number of aryl methyl sites for hydroxylation is 1. The van der Waals surface area contributed by atoms with Gasteiger partial charge in [0.1, 0.15) is 0 Å². The van der Waals surface area contributed by atoms with E-state index in [9.17, 15) is 4.79 Å². The summed E-state index contributed by atoms with van der Waals surface area (Å²) in [6.45, 7) is 1.55. The molecule has 0 radical (unpaired) electrons. The molecule has 0 aromatic carbocycles. The quantitative estimate of drug-likeness (QED) is 0.612. The van der Waals surface area contributed by atoms with Gasteiger partial charge in [-0.1, -0.05) is 0 Å². The molecule has 0 saturated carbocycles. The molecule has 0 saturated heterocycles. The fraction of sp³-hybridized carbons (Fsp3) is 0.250. The van der Waals surface area contributed by atoms with E-state index in [-0.39, 0.29) is 6.61 Å². The van der Waals surface area contributed by atoms with Crippen molar-refractivity contribution in [3.8, 4) is 5.75 Å². The molecule has 0 amide bonds. The number of ether oxygens (including phenoxy) is 1. The molecule has 4 heteroatoms. The molecule has 2 bridgehead atoms. The monoisotopic (exact) mass is 165 g/mol. The number of rotatable bonds is 1. The molecule has 0 spiro atoms. The normalized spacial score (nSPS) is 13.3. The number of aliphatic hydroxyl groups is 1. The van der Waals surface area contributed by atoms with Gasteiger partial charge in [-0.2, -0.15) is 0 Å². The molecule has 12 heavy (non-hydrogen) atoms. The number of aromatic nitrogens is 1. The van der Waals surface area contributed by atoms with Gasteiger partial charge in [-0.05, 0) is 6.92 Å². The standard InChI is InChI=1S/C8H7NO3/c1-4-7-6(3-10)5(2-9-4)8(11)12-7/h2,10H,3H2,1H3. The minimum Gasteiger partial charge on any atom is -0.421 e. The number of carbonyl (C=O) groups excluding carboxylic acids is 1. The molecule has 0 aliphatic carbocycles. The summed E-state index contributed by atoms with van der Waals surface area (Å²) in [6.07, 6.45) is 1.43. The number of hydrogen-bond donors (Lipinski definition) is 1. The first-order chi connectivity index (χ1) is 5.74. The van der Waals surface area contributed by atoms with Crippen LogP contribution in [-0.2, 0) is 6.61 Å². The molecule has 1 aromatic heterocycles. The molecule has 1 aliphatic heterocycles. The van der Waals surface area contributed by atoms with Crippen LogP contribution >= 0.6 is 0 Å². The van der Waals surface area contributed by atoms with Crippen molar-refractivity contribution in [3.05, 3.63) is 23.0 Å². The van der Waals surface area contributed by atoms with Crippen LogP contribution in [0.15, 0.2) is 6.20 Å². The Morgan fingerprint density at radius 1 is 1.67 bits per heavy atom. The molecule has 1 aliphatic rings. The molecular formula is C8H7NO3. The number of nitrogens with zero attached hydrogens (tertiary/aromatic N) is 1. The van der Waals surface area contributed by atoms with Crippen molar-refractivity contribution in [2.24, 2.45) is 0 Å². The second-order valence-corrected chi connectivity index (χ2v) is 2.61. The molecule has 2 heterocycles. The first-order valence-electron chi connectivity index (χ1n) is 3.55. The molecule has 4 nitrogen and oxygen atoms in total. The maximum absolute atomic E-state index is 11.1. The second-order valence-electron chi connectivity index (χ2n) is 2.61. The number of hydrogen-bond acceptors (Lipinski definition) is 4. The van der Waals surface area contributed by atoms with E-state index in [1.807, 2.05) is 0 Å². The van der Waals surface area contributed by atoms with Crippen LogP contribution in [0.4, 0.5) is 0 Å². The fourth-order valence-corrected chi connectivity index (χ4v) is 1.25. The summed E-state index contributed by atoms with van der Waals surface area (Å²) in [5.41, 5.74) is 1.55. The van der Waals surface area contributed by atoms with E-state index in [1.165, 1.54) is 6.20 Å². The molecule has 0 atom stereocenters. The fourth-order valence-electron chi connectivity index (χ4n) is 1.25. The number of carbonyl (C=O) groups is 1. The van der Waals surface area contributed by atoms with Crippen molar-refractivity contribution in [1.29, 1.82) is 0 Å². The van der Waals surface area contributed by atoms with Gasteiger partial charge in [0.15, 0.2) is 5.75 Å². The highest BCUT2D eigenvalue weighted by Gasteiger charge is 2.27. The van der Waals surface area contributed by atoms with E-state index in [4.69, 9.17) is 9.84 Å². The summed E-state index contributed by atoms with van der Waals surface area (Å²) < 4.78 is 4.88. The average Bonchev–Trinajstić information content (AvgIpc) is 2.30. The highest BCUT2D eigenvalue weighted by Crippen LogP contribution is 2.31. The SMILES string of the molecule is Cc1ncc2c(CO)c1OC2=O. The van der Waals surface area contributed by atoms with E-state index in [0.29, 0.717) is 22.6 Å². The third-order valence-corrected chi connectivity index (χ3v) is 1.89. The van der Waals surface area contributed by atoms with Crippen LogP contribution in [0.25, 0.3) is 0 Å². The Labute approximate surface area is 68.8 Å². The molecule has 0 fully saturated rings. The number of aliphatic hydroxyl groups excluding tert-OH is 1. The molecule has 1 N–H and O–H groups in total. The van der Waals surface area contributed by atoms with E-state index >= 15 is 0 Å². The first-order valence-corrected chi connectivity index (χ1v) is 3.55. The van der Waals surface area contributed by atoms with Crippen molar-refractivity contribution in [3.63, 3.8) is 0 Å². The summed E-state index contributed by atoms with van der Waals surface area (Å²) >= 11 is 0. The maximum Gasteiger partial charge on any atom is 0.345 e. The van der Waals surface area contributed by atoms with Crippen LogP contribution in [0.5, 0.6) is 5.75 Å². The van der Waals surface area contributed by atoms with Crippen molar-refractivity contribution < 1.29 is 14.6 Å². The van der Waals surface area contributed by atoms with Gasteiger partial charge in [0.2, 0.25) is 0 Å². The second kappa shape index (κ2) is 2.28. The molecule has 1 aromatic rings. The largest absolute Gasteiger partial charge is 0.421 e. The summed E-state index contributed by atoms with van der Waals surface area (Å²) in [5, 5.41) is 8.92. The van der Waals surface area contributed by atoms with Gasteiger partial charge in [0.25, 0.3) is 0 Å². The zero-order chi connectivity index (χ0) is 8.72. The third kappa shape index (κ3) is 0.753. The maximum atomic E-state index is 11.1. The summed E-state index contributed by atoms with van der Waals surface area (Å²) in [5.74, 6) is -0.00495. The van der Waals surface area contributed by atoms with Gasteiger partial charge in [-0.15, -0.1) is 0 Å². The predicted molar refractivity (Wildman–Crippen MR) is 39.9 cm³/mol. The Kier molecular flexibility index (Phi) is 1.38. The van der Waals surface area contributed by atoms with Crippen LogP contribution in [0.3, 0.4) is 0 Å². The molecule has 62 valence electrons. The Balaban J connectivity index is 2.70. The lowest BCUT2D eigenvalue weighted by Gasteiger charge is -1.98. The van der Waals surface area contributed by atoms with E-state index in [1.54, 1.807) is 6.92 Å². The smallest absolute Gasteiger partial charge is 0.345 e. The van der Waals surface area contributed by atoms with Crippen molar-refractivity contribution in [1.82, 2.24) is 4.98 Å². The Morgan fingerprint density at radius 3 is 3.00 bits per heavy atom. The zero-order valence-corrected chi connectivity index (χ0v) is 6.50. The van der Waals surface area contributed by atoms with Gasteiger partial charge in [-0.3, -0.25) is 4.98 Å². The van der Waals surface area contributed by atoms with Crippen molar-refractivity contribution in [2.45, 2.75) is 13.5 Å². The first kappa shape index (κ1) is 7.24. The van der Waals surface area contributed by atoms with E-state index in [0.717, 1.165) is 0 Å². The van der Waals surface area contributed by atoms with Crippen LogP contribution in [0.2, 0.25) is 0 Å². The van der Waals surface area contributed by atoms with Crippen LogP contribution in [-0.4, -0.2) is 16.1 Å². The van der Waals surface area contributed by atoms with Crippen LogP contribution in [0.1, 0.15) is 21.6 Å². The van der Waals surface area contributed by atoms with Gasteiger partial charge in [-0.25, -0.2) is 4.79 Å². The number of esters is 1. The third-order valence-electron chi connectivity index (χ3n) is 1.89. The molecular weight excluding hydrogens is 158 g/mol. The van der Waals surface area contributed by atoms with Gasteiger partial charge in [0.05, 0.1) is 17.9 Å². The van der Waals surface area contributed by atoms with Gasteiger partial charge >= 0.3 is 5.97 Å². The zero-order valence-electron chi connectivity index (χ0n) is 6.50. The molecule has 0 unspecified atom stereocenters. The van der Waals surface area contributed by atoms with Crippen molar-refractivity contribution >= 4 is 5.97 Å².